The van der Waals surface area contributed by atoms with Crippen molar-refractivity contribution in [3.8, 4) is 0 Å². The van der Waals surface area contributed by atoms with Crippen LogP contribution in [0, 0.1) is 5.82 Å². The van der Waals surface area contributed by atoms with Crippen molar-refractivity contribution < 1.29 is 12.8 Å². The van der Waals surface area contributed by atoms with Crippen molar-refractivity contribution in [2.24, 2.45) is 5.73 Å². The minimum Gasteiger partial charge on any atom is -0.326 e. The average Bonchev–Trinajstić information content (AvgIpc) is 2.84. The molecule has 0 fully saturated rings. The number of aromatic amines is 1. The van der Waals surface area contributed by atoms with Gasteiger partial charge >= 0.3 is 4.87 Å². The molecule has 0 saturated heterocycles. The molecule has 2 rings (SSSR count). The Balaban J connectivity index is 2.31. The maximum atomic E-state index is 14.1. The van der Waals surface area contributed by atoms with Gasteiger partial charge < -0.3 is 10.7 Å². The fourth-order valence-corrected chi connectivity index (χ4v) is 4.00. The summed E-state index contributed by atoms with van der Waals surface area (Å²) in [7, 11) is -4.06. The first-order valence-corrected chi connectivity index (χ1v) is 8.83. The molecule has 0 saturated carbocycles. The van der Waals surface area contributed by atoms with Crippen LogP contribution in [0.1, 0.15) is 11.3 Å². The Bertz CT molecular complexity index is 816. The summed E-state index contributed by atoms with van der Waals surface area (Å²) in [6, 6.07) is 2.58. The van der Waals surface area contributed by atoms with Crippen molar-refractivity contribution >= 4 is 37.3 Å². The molecule has 0 aliphatic carbocycles. The van der Waals surface area contributed by atoms with E-state index < -0.39 is 20.7 Å². The fourth-order valence-electron chi connectivity index (χ4n) is 1.61. The maximum Gasteiger partial charge on any atom is 0.304 e. The summed E-state index contributed by atoms with van der Waals surface area (Å²) in [6.45, 7) is -0.253. The van der Waals surface area contributed by atoms with Gasteiger partial charge in [0.1, 0.15) is 10.7 Å². The zero-order chi connectivity index (χ0) is 15.6. The number of H-pyrrole nitrogens is 1. The zero-order valence-electron chi connectivity index (χ0n) is 10.5. The third-order valence-corrected chi connectivity index (χ3v) is 5.19. The molecule has 0 bridgehead atoms. The molecule has 1 heterocycles. The standard InChI is InChI=1S/C11H11BrFN3O3S2/c12-7-1-6(3-14)10(13)9(2-7)21(18,19)15-4-8-5-20-11(17)16-8/h1-2,5,15H,3-4,14H2,(H,16,17). The van der Waals surface area contributed by atoms with E-state index in [1.54, 1.807) is 0 Å². The van der Waals surface area contributed by atoms with Gasteiger partial charge in [0.05, 0.1) is 6.54 Å². The van der Waals surface area contributed by atoms with Gasteiger partial charge in [-0.2, -0.15) is 0 Å². The number of hydrogen-bond acceptors (Lipinski definition) is 5. The van der Waals surface area contributed by atoms with Crippen LogP contribution >= 0.6 is 27.3 Å². The number of nitrogens with two attached hydrogens (primary N) is 1. The van der Waals surface area contributed by atoms with Gasteiger partial charge in [-0.1, -0.05) is 27.3 Å². The molecule has 114 valence electrons. The molecule has 1 aromatic carbocycles. The molecule has 0 atom stereocenters. The Morgan fingerprint density at radius 1 is 1.43 bits per heavy atom. The highest BCUT2D eigenvalue weighted by molar-refractivity contribution is 9.10. The van der Waals surface area contributed by atoms with E-state index in [2.05, 4.69) is 25.6 Å². The molecule has 0 aliphatic rings. The van der Waals surface area contributed by atoms with Crippen molar-refractivity contribution in [3.63, 3.8) is 0 Å². The molecule has 21 heavy (non-hydrogen) atoms. The number of aromatic nitrogens is 1. The average molecular weight is 396 g/mol. The normalized spacial score (nSPS) is 11.8. The predicted molar refractivity (Wildman–Crippen MR) is 81.0 cm³/mol. The molecular weight excluding hydrogens is 385 g/mol. The van der Waals surface area contributed by atoms with E-state index in [9.17, 15) is 17.6 Å². The lowest BCUT2D eigenvalue weighted by Gasteiger charge is -2.10. The maximum absolute atomic E-state index is 14.1. The molecule has 0 radical (unpaired) electrons. The van der Waals surface area contributed by atoms with E-state index in [0.717, 1.165) is 17.4 Å². The van der Waals surface area contributed by atoms with Crippen molar-refractivity contribution in [3.05, 3.63) is 48.7 Å². The lowest BCUT2D eigenvalue weighted by atomic mass is 10.2. The Kier molecular flexibility index (Phi) is 4.94. The summed E-state index contributed by atoms with van der Waals surface area (Å²) in [5.41, 5.74) is 5.88. The van der Waals surface area contributed by atoms with Gasteiger partial charge in [-0.3, -0.25) is 4.79 Å². The third-order valence-electron chi connectivity index (χ3n) is 2.61. The molecule has 0 aliphatic heterocycles. The monoisotopic (exact) mass is 395 g/mol. The lowest BCUT2D eigenvalue weighted by molar-refractivity contribution is 0.549. The van der Waals surface area contributed by atoms with Gasteiger partial charge in [-0.05, 0) is 12.1 Å². The summed E-state index contributed by atoms with van der Waals surface area (Å²) < 4.78 is 41.0. The minimum absolute atomic E-state index is 0.0914. The largest absolute Gasteiger partial charge is 0.326 e. The van der Waals surface area contributed by atoms with Crippen LogP contribution in [0.3, 0.4) is 0 Å². The molecule has 0 amide bonds. The zero-order valence-corrected chi connectivity index (χ0v) is 13.7. The first kappa shape index (κ1) is 16.3. The van der Waals surface area contributed by atoms with Crippen LogP contribution in [0.2, 0.25) is 0 Å². The number of nitrogens with one attached hydrogen (secondary N) is 2. The van der Waals surface area contributed by atoms with Crippen LogP contribution in [0.5, 0.6) is 0 Å². The van der Waals surface area contributed by atoms with E-state index in [1.165, 1.54) is 11.4 Å². The second-order valence-corrected chi connectivity index (χ2v) is 7.57. The minimum atomic E-state index is -4.06. The number of benzene rings is 1. The fraction of sp³-hybridized carbons (Fsp3) is 0.182. The first-order chi connectivity index (χ1) is 9.83. The van der Waals surface area contributed by atoms with Crippen molar-refractivity contribution in [1.29, 1.82) is 0 Å². The molecule has 2 aromatic rings. The quantitative estimate of drug-likeness (QED) is 0.708. The molecule has 0 spiro atoms. The Morgan fingerprint density at radius 3 is 2.71 bits per heavy atom. The van der Waals surface area contributed by atoms with Crippen LogP contribution in [-0.2, 0) is 23.1 Å². The van der Waals surface area contributed by atoms with Gasteiger partial charge in [0.2, 0.25) is 10.0 Å². The van der Waals surface area contributed by atoms with E-state index >= 15 is 0 Å². The Labute approximate surface area is 132 Å². The highest BCUT2D eigenvalue weighted by Gasteiger charge is 2.22. The summed E-state index contributed by atoms with van der Waals surface area (Å²) in [4.78, 5) is 12.7. The molecule has 6 nitrogen and oxygen atoms in total. The first-order valence-electron chi connectivity index (χ1n) is 5.68. The topological polar surface area (TPSA) is 105 Å². The van der Waals surface area contributed by atoms with Gasteiger partial charge in [0, 0.05) is 27.7 Å². The Hall–Kier alpha value is -1.07. The second kappa shape index (κ2) is 6.36. The van der Waals surface area contributed by atoms with Crippen molar-refractivity contribution in [1.82, 2.24) is 9.71 Å². The second-order valence-electron chi connectivity index (χ2n) is 4.08. The lowest BCUT2D eigenvalue weighted by Crippen LogP contribution is -2.25. The van der Waals surface area contributed by atoms with Crippen LogP contribution in [-0.4, -0.2) is 13.4 Å². The van der Waals surface area contributed by atoms with Crippen molar-refractivity contribution in [2.45, 2.75) is 18.0 Å². The molecule has 1 aromatic heterocycles. The van der Waals surface area contributed by atoms with Crippen LogP contribution in [0.15, 0.2) is 31.7 Å². The van der Waals surface area contributed by atoms with Gasteiger partial charge in [-0.25, -0.2) is 17.5 Å². The van der Waals surface area contributed by atoms with E-state index in [0.29, 0.717) is 10.2 Å². The number of hydrogen-bond donors (Lipinski definition) is 3. The predicted octanol–water partition coefficient (Wildman–Crippen LogP) is 1.28. The highest BCUT2D eigenvalue weighted by Crippen LogP contribution is 2.24. The highest BCUT2D eigenvalue weighted by atomic mass is 79.9. The third kappa shape index (κ3) is 3.77. The smallest absolute Gasteiger partial charge is 0.304 e. The summed E-state index contributed by atoms with van der Waals surface area (Å²) in [5.74, 6) is -0.882. The van der Waals surface area contributed by atoms with Gasteiger partial charge in [0.25, 0.3) is 0 Å². The number of thiazole rings is 1. The van der Waals surface area contributed by atoms with E-state index in [1.807, 2.05) is 0 Å². The molecule has 4 N–H and O–H groups in total. The van der Waals surface area contributed by atoms with E-state index in [4.69, 9.17) is 5.73 Å². The van der Waals surface area contributed by atoms with E-state index in [-0.39, 0.29) is 23.5 Å². The van der Waals surface area contributed by atoms with Gasteiger partial charge in [-0.15, -0.1) is 0 Å². The molecular formula is C11H11BrFN3O3S2. The van der Waals surface area contributed by atoms with Gasteiger partial charge in [0.15, 0.2) is 0 Å². The van der Waals surface area contributed by atoms with Crippen LogP contribution < -0.4 is 15.3 Å². The van der Waals surface area contributed by atoms with Crippen LogP contribution in [0.4, 0.5) is 4.39 Å². The SMILES string of the molecule is NCc1cc(Br)cc(S(=O)(=O)NCc2csc(=O)[nH]2)c1F. The number of rotatable bonds is 5. The van der Waals surface area contributed by atoms with Crippen LogP contribution in [0.25, 0.3) is 0 Å². The molecule has 0 unspecified atom stereocenters. The number of sulfonamides is 1. The molecule has 10 heteroatoms. The summed E-state index contributed by atoms with van der Waals surface area (Å²) in [5, 5.41) is 1.49. The Morgan fingerprint density at radius 2 is 2.14 bits per heavy atom. The summed E-state index contributed by atoms with van der Waals surface area (Å²) >= 11 is 4.04. The number of halogens is 2. The van der Waals surface area contributed by atoms with Crippen molar-refractivity contribution in [2.75, 3.05) is 0 Å². The summed E-state index contributed by atoms with van der Waals surface area (Å²) in [6.07, 6.45) is 0.